The minimum absolute atomic E-state index is 0.0765. The van der Waals surface area contributed by atoms with Gasteiger partial charge in [-0.05, 0) is 47.1 Å². The molecule has 1 rings (SSSR count). The van der Waals surface area contributed by atoms with Crippen molar-refractivity contribution in [3.63, 3.8) is 0 Å². The Hall–Kier alpha value is -0.770. The van der Waals surface area contributed by atoms with Crippen LogP contribution in [0.15, 0.2) is 0 Å². The van der Waals surface area contributed by atoms with Crippen molar-refractivity contribution in [1.82, 2.24) is 16.0 Å². The third kappa shape index (κ3) is 4.84. The van der Waals surface area contributed by atoms with E-state index in [-0.39, 0.29) is 17.6 Å². The molecule has 2 amide bonds. The standard InChI is InChI=1S/C12H25N3O/c1-9(10-7-5-6-8-13-10)14-11(16)15-12(2,3)4/h9-10,13H,5-8H2,1-4H3,(H2,14,15,16). The topological polar surface area (TPSA) is 53.2 Å². The second-order valence-corrected chi connectivity index (χ2v) is 5.69. The Balaban J connectivity index is 2.32. The van der Waals surface area contributed by atoms with Gasteiger partial charge in [-0.1, -0.05) is 6.42 Å². The predicted molar refractivity (Wildman–Crippen MR) is 66.5 cm³/mol. The number of nitrogens with one attached hydrogen (secondary N) is 3. The van der Waals surface area contributed by atoms with E-state index in [0.29, 0.717) is 6.04 Å². The van der Waals surface area contributed by atoms with Crippen molar-refractivity contribution in [3.8, 4) is 0 Å². The van der Waals surface area contributed by atoms with Gasteiger partial charge in [0, 0.05) is 17.6 Å². The summed E-state index contributed by atoms with van der Waals surface area (Å²) in [4.78, 5) is 11.7. The minimum Gasteiger partial charge on any atom is -0.334 e. The van der Waals surface area contributed by atoms with Crippen molar-refractivity contribution in [2.24, 2.45) is 0 Å². The van der Waals surface area contributed by atoms with Gasteiger partial charge in [0.05, 0.1) is 0 Å². The Labute approximate surface area is 98.6 Å². The Morgan fingerprint density at radius 3 is 2.56 bits per heavy atom. The predicted octanol–water partition coefficient (Wildman–Crippen LogP) is 1.61. The van der Waals surface area contributed by atoms with Crippen LogP contribution in [0.5, 0.6) is 0 Å². The minimum atomic E-state index is -0.177. The lowest BCUT2D eigenvalue weighted by atomic mass is 9.99. The van der Waals surface area contributed by atoms with E-state index in [1.807, 2.05) is 20.8 Å². The van der Waals surface area contributed by atoms with Crippen molar-refractivity contribution >= 4 is 6.03 Å². The molecule has 4 heteroatoms. The highest BCUT2D eigenvalue weighted by Crippen LogP contribution is 2.10. The maximum atomic E-state index is 11.7. The van der Waals surface area contributed by atoms with Crippen LogP contribution in [0.4, 0.5) is 4.79 Å². The number of hydrogen-bond donors (Lipinski definition) is 3. The fraction of sp³-hybridized carbons (Fsp3) is 0.917. The van der Waals surface area contributed by atoms with E-state index in [9.17, 15) is 4.79 Å². The van der Waals surface area contributed by atoms with Gasteiger partial charge in [0.15, 0.2) is 0 Å². The van der Waals surface area contributed by atoms with Crippen LogP contribution in [-0.2, 0) is 0 Å². The molecule has 94 valence electrons. The summed E-state index contributed by atoms with van der Waals surface area (Å²) in [5.74, 6) is 0. The summed E-state index contributed by atoms with van der Waals surface area (Å²) in [6.45, 7) is 9.07. The highest BCUT2D eigenvalue weighted by Gasteiger charge is 2.22. The maximum Gasteiger partial charge on any atom is 0.315 e. The zero-order chi connectivity index (χ0) is 12.2. The fourth-order valence-corrected chi connectivity index (χ4v) is 1.99. The summed E-state index contributed by atoms with van der Waals surface area (Å²) in [6, 6.07) is 0.523. The van der Waals surface area contributed by atoms with Crippen LogP contribution < -0.4 is 16.0 Å². The van der Waals surface area contributed by atoms with Crippen LogP contribution in [0.25, 0.3) is 0 Å². The average molecular weight is 227 g/mol. The van der Waals surface area contributed by atoms with E-state index in [0.717, 1.165) is 13.0 Å². The molecule has 2 atom stereocenters. The van der Waals surface area contributed by atoms with Crippen molar-refractivity contribution in [3.05, 3.63) is 0 Å². The van der Waals surface area contributed by atoms with Crippen LogP contribution in [0, 0.1) is 0 Å². The van der Waals surface area contributed by atoms with Gasteiger partial charge in [0.1, 0.15) is 0 Å². The lowest BCUT2D eigenvalue weighted by Gasteiger charge is -2.30. The third-order valence-electron chi connectivity index (χ3n) is 2.80. The summed E-state index contributed by atoms with van der Waals surface area (Å²) >= 11 is 0. The maximum absolute atomic E-state index is 11.7. The van der Waals surface area contributed by atoms with E-state index < -0.39 is 0 Å². The van der Waals surface area contributed by atoms with Crippen LogP contribution in [0.2, 0.25) is 0 Å². The molecule has 0 aromatic rings. The van der Waals surface area contributed by atoms with Gasteiger partial charge in [-0.2, -0.15) is 0 Å². The van der Waals surface area contributed by atoms with Crippen molar-refractivity contribution in [2.75, 3.05) is 6.54 Å². The molecule has 0 aromatic heterocycles. The second-order valence-electron chi connectivity index (χ2n) is 5.69. The molecule has 2 unspecified atom stereocenters. The number of carbonyl (C=O) groups is 1. The zero-order valence-corrected chi connectivity index (χ0v) is 10.9. The lowest BCUT2D eigenvalue weighted by Crippen LogP contribution is -2.55. The first kappa shape index (κ1) is 13.3. The highest BCUT2D eigenvalue weighted by molar-refractivity contribution is 5.75. The molecule has 4 nitrogen and oxygen atoms in total. The summed E-state index contributed by atoms with van der Waals surface area (Å²) in [5.41, 5.74) is -0.177. The Morgan fingerprint density at radius 2 is 2.06 bits per heavy atom. The molecule has 0 aromatic carbocycles. The van der Waals surface area contributed by atoms with Gasteiger partial charge in [-0.25, -0.2) is 4.79 Å². The molecule has 1 aliphatic heterocycles. The van der Waals surface area contributed by atoms with Crippen molar-refractivity contribution in [2.45, 2.75) is 64.6 Å². The molecule has 1 aliphatic rings. The molecule has 0 radical (unpaired) electrons. The van der Waals surface area contributed by atoms with E-state index >= 15 is 0 Å². The quantitative estimate of drug-likeness (QED) is 0.671. The number of hydrogen-bond acceptors (Lipinski definition) is 2. The highest BCUT2D eigenvalue weighted by atomic mass is 16.2. The lowest BCUT2D eigenvalue weighted by molar-refractivity contribution is 0.222. The van der Waals surface area contributed by atoms with E-state index in [1.54, 1.807) is 0 Å². The van der Waals surface area contributed by atoms with Crippen LogP contribution in [0.1, 0.15) is 47.0 Å². The molecular weight excluding hydrogens is 202 g/mol. The zero-order valence-electron chi connectivity index (χ0n) is 10.9. The Kier molecular flexibility index (Phi) is 4.59. The molecule has 1 fully saturated rings. The molecule has 3 N–H and O–H groups in total. The molecular formula is C12H25N3O. The molecule has 16 heavy (non-hydrogen) atoms. The fourth-order valence-electron chi connectivity index (χ4n) is 1.99. The van der Waals surface area contributed by atoms with Gasteiger partial charge in [0.25, 0.3) is 0 Å². The first-order valence-electron chi connectivity index (χ1n) is 6.20. The van der Waals surface area contributed by atoms with Crippen LogP contribution >= 0.6 is 0 Å². The van der Waals surface area contributed by atoms with Gasteiger partial charge in [0.2, 0.25) is 0 Å². The van der Waals surface area contributed by atoms with E-state index in [1.165, 1.54) is 12.8 Å². The van der Waals surface area contributed by atoms with Gasteiger partial charge in [-0.15, -0.1) is 0 Å². The van der Waals surface area contributed by atoms with Gasteiger partial charge < -0.3 is 16.0 Å². The average Bonchev–Trinajstić information content (AvgIpc) is 2.16. The van der Waals surface area contributed by atoms with Crippen molar-refractivity contribution in [1.29, 1.82) is 0 Å². The monoisotopic (exact) mass is 227 g/mol. The normalized spacial score (nSPS) is 23.6. The largest absolute Gasteiger partial charge is 0.334 e. The second kappa shape index (κ2) is 5.53. The third-order valence-corrected chi connectivity index (χ3v) is 2.80. The number of piperidine rings is 1. The first-order valence-corrected chi connectivity index (χ1v) is 6.20. The Bertz CT molecular complexity index is 229. The summed E-state index contributed by atoms with van der Waals surface area (Å²) in [6.07, 6.45) is 3.65. The number of rotatable bonds is 2. The van der Waals surface area contributed by atoms with Gasteiger partial charge in [-0.3, -0.25) is 0 Å². The number of urea groups is 1. The molecule has 0 aliphatic carbocycles. The van der Waals surface area contributed by atoms with E-state index in [2.05, 4.69) is 22.9 Å². The van der Waals surface area contributed by atoms with E-state index in [4.69, 9.17) is 0 Å². The molecule has 0 saturated carbocycles. The summed E-state index contributed by atoms with van der Waals surface area (Å²) < 4.78 is 0. The molecule has 0 bridgehead atoms. The summed E-state index contributed by atoms with van der Waals surface area (Å²) in [5, 5.41) is 9.35. The van der Waals surface area contributed by atoms with Crippen molar-refractivity contribution < 1.29 is 4.79 Å². The molecule has 1 saturated heterocycles. The first-order chi connectivity index (χ1) is 7.38. The smallest absolute Gasteiger partial charge is 0.315 e. The SMILES string of the molecule is CC(NC(=O)NC(C)(C)C)C1CCCCN1. The van der Waals surface area contributed by atoms with Crippen LogP contribution in [0.3, 0.4) is 0 Å². The Morgan fingerprint density at radius 1 is 1.38 bits per heavy atom. The summed E-state index contributed by atoms with van der Waals surface area (Å²) in [7, 11) is 0. The van der Waals surface area contributed by atoms with Gasteiger partial charge >= 0.3 is 6.03 Å². The number of amides is 2. The number of carbonyl (C=O) groups excluding carboxylic acids is 1. The molecule has 0 spiro atoms. The molecule has 1 heterocycles. The van der Waals surface area contributed by atoms with Crippen LogP contribution in [-0.4, -0.2) is 30.2 Å².